The molecule has 0 unspecified atom stereocenters. The minimum atomic E-state index is 1.01. The molecule has 0 N–H and O–H groups in total. The number of hydrogen-bond acceptors (Lipinski definition) is 1. The third-order valence-electron chi connectivity index (χ3n) is 1.58. The average Bonchev–Trinajstić information content (AvgIpc) is 2.04. The molecule has 11 heavy (non-hydrogen) atoms. The van der Waals surface area contributed by atoms with E-state index in [4.69, 9.17) is 0 Å². The zero-order valence-electron chi connectivity index (χ0n) is 5.86. The van der Waals surface area contributed by atoms with E-state index in [0.717, 1.165) is 10.00 Å². The van der Waals surface area contributed by atoms with Crippen LogP contribution in [0.15, 0.2) is 36.4 Å². The molecule has 0 aliphatic carbocycles. The monoisotopic (exact) mass is 203 g/mol. The molecule has 52 valence electrons. The number of fused-ring (bicyclic) bond motifs is 1. The van der Waals surface area contributed by atoms with Gasteiger partial charge in [0.15, 0.2) is 0 Å². The van der Waals surface area contributed by atoms with Gasteiger partial charge in [-0.3, -0.25) is 0 Å². The molecule has 0 spiro atoms. The molecule has 0 saturated heterocycles. The summed E-state index contributed by atoms with van der Waals surface area (Å²) in [5.41, 5.74) is 1.06. The molecule has 2 heteroatoms. The van der Waals surface area contributed by atoms with Crippen LogP contribution in [0.2, 0.25) is 0 Å². The van der Waals surface area contributed by atoms with E-state index < -0.39 is 0 Å². The van der Waals surface area contributed by atoms with Gasteiger partial charge >= 0.3 is 73.6 Å². The predicted octanol–water partition coefficient (Wildman–Crippen LogP) is 1.03. The molecule has 0 saturated carbocycles. The fourth-order valence-electron chi connectivity index (χ4n) is 1.06. The van der Waals surface area contributed by atoms with E-state index in [9.17, 15) is 0 Å². The topological polar surface area (TPSA) is 12.9 Å². The number of aromatic nitrogens is 1. The third kappa shape index (κ3) is 1.29. The zero-order valence-corrected chi connectivity index (χ0v) is 7.74. The van der Waals surface area contributed by atoms with E-state index in [1.54, 1.807) is 0 Å². The summed E-state index contributed by atoms with van der Waals surface area (Å²) in [4.78, 5) is 4.35. The number of pyridine rings is 1. The van der Waals surface area contributed by atoms with Gasteiger partial charge in [0, 0.05) is 0 Å². The van der Waals surface area contributed by atoms with Gasteiger partial charge in [0.25, 0.3) is 0 Å². The van der Waals surface area contributed by atoms with Gasteiger partial charge in [-0.1, -0.05) is 0 Å². The molecule has 0 atom stereocenters. The molecule has 1 aromatic carbocycles. The second-order valence-corrected chi connectivity index (χ2v) is 3.32. The van der Waals surface area contributed by atoms with Gasteiger partial charge in [0.05, 0.1) is 0 Å². The first kappa shape index (κ1) is 6.87. The van der Waals surface area contributed by atoms with Gasteiger partial charge in [-0.05, 0) is 0 Å². The summed E-state index contributed by atoms with van der Waals surface area (Å²) in [6, 6.07) is 12.2. The maximum atomic E-state index is 4.35. The first-order chi connectivity index (χ1) is 5.36. The maximum absolute atomic E-state index is 4.35. The Morgan fingerprint density at radius 3 is 2.73 bits per heavy atom. The first-order valence-corrected chi connectivity index (χ1v) is 4.35. The number of benzene rings is 1. The molecule has 2 aromatic rings. The van der Waals surface area contributed by atoms with Crippen molar-refractivity contribution in [2.45, 2.75) is 0 Å². The minimum absolute atomic E-state index is 1.01. The van der Waals surface area contributed by atoms with Crippen LogP contribution in [0, 0.1) is 0 Å². The molecular formula is C9H6AsN. The summed E-state index contributed by atoms with van der Waals surface area (Å²) in [5, 5.41) is 1.20. The summed E-state index contributed by atoms with van der Waals surface area (Å²) < 4.78 is 1.01. The second kappa shape index (κ2) is 2.67. The molecular weight excluding hydrogens is 197 g/mol. The van der Waals surface area contributed by atoms with Gasteiger partial charge in [-0.25, -0.2) is 0 Å². The van der Waals surface area contributed by atoms with E-state index in [2.05, 4.69) is 34.0 Å². The van der Waals surface area contributed by atoms with Crippen molar-refractivity contribution in [3.8, 4) is 0 Å². The molecule has 0 aliphatic heterocycles. The fourth-order valence-corrected chi connectivity index (χ4v) is 1.44. The Kier molecular flexibility index (Phi) is 1.67. The van der Waals surface area contributed by atoms with E-state index in [0.29, 0.717) is 0 Å². The van der Waals surface area contributed by atoms with Gasteiger partial charge in [0.2, 0.25) is 0 Å². The average molecular weight is 203 g/mol. The van der Waals surface area contributed by atoms with Gasteiger partial charge in [-0.2, -0.15) is 0 Å². The van der Waals surface area contributed by atoms with Crippen LogP contribution in [0.1, 0.15) is 0 Å². The number of rotatable bonds is 0. The Balaban J connectivity index is 2.83. The summed E-state index contributed by atoms with van der Waals surface area (Å²) in [5.74, 6) is 0. The van der Waals surface area contributed by atoms with Crippen molar-refractivity contribution < 1.29 is 0 Å². The van der Waals surface area contributed by atoms with Crippen molar-refractivity contribution in [2.75, 3.05) is 0 Å². The molecule has 0 bridgehead atoms. The van der Waals surface area contributed by atoms with Crippen molar-refractivity contribution in [1.82, 2.24) is 4.98 Å². The number of hydrogen-bond donors (Lipinski definition) is 0. The zero-order chi connectivity index (χ0) is 7.68. The van der Waals surface area contributed by atoms with Gasteiger partial charge in [-0.15, -0.1) is 0 Å². The summed E-state index contributed by atoms with van der Waals surface area (Å²) in [6.07, 6.45) is 0. The Morgan fingerprint density at radius 2 is 1.82 bits per heavy atom. The van der Waals surface area contributed by atoms with Crippen LogP contribution in [0.5, 0.6) is 0 Å². The van der Waals surface area contributed by atoms with E-state index in [-0.39, 0.29) is 0 Å². The van der Waals surface area contributed by atoms with Crippen molar-refractivity contribution in [3.63, 3.8) is 0 Å². The van der Waals surface area contributed by atoms with E-state index in [1.807, 2.05) is 24.3 Å². The fraction of sp³-hybridized carbons (Fsp3) is 0. The quantitative estimate of drug-likeness (QED) is 0.582. The van der Waals surface area contributed by atoms with Crippen molar-refractivity contribution >= 4 is 32.2 Å². The van der Waals surface area contributed by atoms with Crippen LogP contribution in [-0.2, 0) is 0 Å². The Labute approximate surface area is 74.0 Å². The van der Waals surface area contributed by atoms with Gasteiger partial charge in [0.1, 0.15) is 0 Å². The Bertz CT molecular complexity index is 384. The summed E-state index contributed by atoms with van der Waals surface area (Å²) in [7, 11) is 0. The molecule has 0 amide bonds. The van der Waals surface area contributed by atoms with Crippen LogP contribution >= 0.6 is 0 Å². The van der Waals surface area contributed by atoms with E-state index >= 15 is 0 Å². The molecule has 2 radical (unpaired) electrons. The third-order valence-corrected chi connectivity index (χ3v) is 2.11. The number of para-hydroxylation sites is 1. The second-order valence-electron chi connectivity index (χ2n) is 2.36. The summed E-state index contributed by atoms with van der Waals surface area (Å²) in [6.45, 7) is 0. The van der Waals surface area contributed by atoms with Crippen LogP contribution in [0.3, 0.4) is 0 Å². The molecule has 0 fully saturated rings. The Morgan fingerprint density at radius 1 is 1.00 bits per heavy atom. The van der Waals surface area contributed by atoms with Crippen molar-refractivity contribution in [1.29, 1.82) is 0 Å². The molecule has 1 aromatic heterocycles. The van der Waals surface area contributed by atoms with Crippen LogP contribution < -0.4 is 4.48 Å². The normalized spacial score (nSPS) is 10.3. The molecule has 1 heterocycles. The van der Waals surface area contributed by atoms with Crippen LogP contribution in [0.4, 0.5) is 0 Å². The van der Waals surface area contributed by atoms with Crippen LogP contribution in [-0.4, -0.2) is 21.8 Å². The molecule has 1 nitrogen and oxygen atoms in total. The summed E-state index contributed by atoms with van der Waals surface area (Å²) >= 11 is 2.44. The first-order valence-electron chi connectivity index (χ1n) is 3.41. The van der Waals surface area contributed by atoms with Gasteiger partial charge < -0.3 is 0 Å². The van der Waals surface area contributed by atoms with Crippen LogP contribution in [0.25, 0.3) is 10.9 Å². The molecule has 2 rings (SSSR count). The SMILES string of the molecule is [As]c1ccc2ccccc2n1. The molecule has 0 aliphatic rings. The number of nitrogens with zero attached hydrogens (tertiary/aromatic N) is 1. The standard InChI is InChI=1S/C9H6AsN/c10-9-6-5-7-3-1-2-4-8(7)11-9/h1-6H. The Hall–Kier alpha value is -0.812. The predicted molar refractivity (Wildman–Crippen MR) is 47.1 cm³/mol. The van der Waals surface area contributed by atoms with E-state index in [1.165, 1.54) is 5.39 Å². The van der Waals surface area contributed by atoms with Crippen molar-refractivity contribution in [3.05, 3.63) is 36.4 Å². The van der Waals surface area contributed by atoms with Crippen molar-refractivity contribution in [2.24, 2.45) is 0 Å².